The number of hydrogen-bond acceptors (Lipinski definition) is 0. The van der Waals surface area contributed by atoms with Crippen molar-refractivity contribution in [2.45, 2.75) is 84.0 Å². The van der Waals surface area contributed by atoms with Crippen molar-refractivity contribution in [2.75, 3.05) is 0 Å². The molecule has 0 aliphatic rings. The summed E-state index contributed by atoms with van der Waals surface area (Å²) in [6.45, 7) is 4.43. The average molecular weight is 284 g/mol. The van der Waals surface area contributed by atoms with E-state index in [1.807, 2.05) is 0 Å². The van der Waals surface area contributed by atoms with E-state index >= 15 is 0 Å². The van der Waals surface area contributed by atoms with Gasteiger partial charge in [0.25, 0.3) is 0 Å². The van der Waals surface area contributed by atoms with Crippen LogP contribution in [0, 0.1) is 12.3 Å². The molecule has 0 nitrogen and oxygen atoms in total. The van der Waals surface area contributed by atoms with Gasteiger partial charge in [-0.3, -0.25) is 0 Å². The summed E-state index contributed by atoms with van der Waals surface area (Å²) in [6, 6.07) is 8.95. The van der Waals surface area contributed by atoms with Crippen LogP contribution in [0.4, 0.5) is 0 Å². The molecule has 0 aromatic heterocycles. The molecule has 1 rings (SSSR count). The number of unbranched alkanes of at least 4 members (excludes halogenated alkanes) is 7. The first-order valence-electron chi connectivity index (χ1n) is 8.86. The van der Waals surface area contributed by atoms with Crippen LogP contribution in [-0.4, -0.2) is 0 Å². The maximum atomic E-state index is 5.56. The molecule has 1 atom stereocenters. The van der Waals surface area contributed by atoms with Crippen molar-refractivity contribution in [3.05, 3.63) is 35.4 Å². The molecule has 0 heteroatoms. The highest BCUT2D eigenvalue weighted by molar-refractivity contribution is 5.29. The second-order valence-corrected chi connectivity index (χ2v) is 6.09. The van der Waals surface area contributed by atoms with Crippen molar-refractivity contribution in [1.29, 1.82) is 0 Å². The molecule has 0 N–H and O–H groups in total. The van der Waals surface area contributed by atoms with E-state index in [1.165, 1.54) is 68.9 Å². The normalized spacial score (nSPS) is 12.0. The van der Waals surface area contributed by atoms with Crippen LogP contribution in [0.2, 0.25) is 0 Å². The van der Waals surface area contributed by atoms with Crippen LogP contribution in [0.5, 0.6) is 0 Å². The van der Waals surface area contributed by atoms with Gasteiger partial charge in [0, 0.05) is 5.92 Å². The van der Waals surface area contributed by atoms with Gasteiger partial charge in [-0.15, -0.1) is 6.42 Å². The van der Waals surface area contributed by atoms with Gasteiger partial charge in [-0.25, -0.2) is 0 Å². The first-order chi connectivity index (χ1) is 10.3. The molecule has 0 fully saturated rings. The van der Waals surface area contributed by atoms with Crippen molar-refractivity contribution < 1.29 is 0 Å². The highest BCUT2D eigenvalue weighted by atomic mass is 14.1. The molecular weight excluding hydrogens is 252 g/mol. The molecule has 0 bridgehead atoms. The maximum Gasteiger partial charge on any atom is 0.0447 e. The van der Waals surface area contributed by atoms with E-state index in [-0.39, 0.29) is 5.92 Å². The van der Waals surface area contributed by atoms with Gasteiger partial charge in [0.05, 0.1) is 0 Å². The maximum absolute atomic E-state index is 5.56. The molecule has 0 spiro atoms. The Morgan fingerprint density at radius 1 is 0.857 bits per heavy atom. The zero-order valence-corrected chi connectivity index (χ0v) is 14.0. The zero-order chi connectivity index (χ0) is 15.3. The largest absolute Gasteiger partial charge is 0.119 e. The zero-order valence-electron chi connectivity index (χ0n) is 14.0. The molecule has 0 amide bonds. The number of benzene rings is 1. The minimum Gasteiger partial charge on any atom is -0.119 e. The smallest absolute Gasteiger partial charge is 0.0447 e. The highest BCUT2D eigenvalue weighted by Crippen LogP contribution is 2.19. The van der Waals surface area contributed by atoms with E-state index in [1.54, 1.807) is 0 Å². The number of aryl methyl sites for hydroxylation is 1. The molecule has 116 valence electrons. The Balaban J connectivity index is 2.17. The summed E-state index contributed by atoms with van der Waals surface area (Å²) in [4.78, 5) is 0. The van der Waals surface area contributed by atoms with Gasteiger partial charge in [-0.2, -0.15) is 0 Å². The lowest BCUT2D eigenvalue weighted by Gasteiger charge is -2.09. The topological polar surface area (TPSA) is 0 Å². The Morgan fingerprint density at radius 2 is 1.43 bits per heavy atom. The summed E-state index contributed by atoms with van der Waals surface area (Å²) in [5.41, 5.74) is 2.75. The van der Waals surface area contributed by atoms with Crippen molar-refractivity contribution >= 4 is 0 Å². The van der Waals surface area contributed by atoms with Gasteiger partial charge in [-0.05, 0) is 30.4 Å². The molecule has 0 radical (unpaired) electrons. The van der Waals surface area contributed by atoms with Gasteiger partial charge in [0.15, 0.2) is 0 Å². The van der Waals surface area contributed by atoms with Crippen molar-refractivity contribution in [1.82, 2.24) is 0 Å². The third-order valence-corrected chi connectivity index (χ3v) is 4.31. The second-order valence-electron chi connectivity index (χ2n) is 6.09. The lowest BCUT2D eigenvalue weighted by Crippen LogP contribution is -1.94. The molecule has 0 aliphatic carbocycles. The predicted octanol–water partition coefficient (Wildman–Crippen LogP) is 6.50. The Labute approximate surface area is 132 Å². The second kappa shape index (κ2) is 11.4. The van der Waals surface area contributed by atoms with Crippen LogP contribution in [0.1, 0.15) is 88.7 Å². The number of terminal acetylenes is 1. The van der Waals surface area contributed by atoms with Crippen molar-refractivity contribution in [3.8, 4) is 12.3 Å². The van der Waals surface area contributed by atoms with Gasteiger partial charge in [0.1, 0.15) is 0 Å². The Bertz CT molecular complexity index is 393. The Hall–Kier alpha value is -1.22. The fourth-order valence-electron chi connectivity index (χ4n) is 2.83. The van der Waals surface area contributed by atoms with Gasteiger partial charge >= 0.3 is 0 Å². The lowest BCUT2D eigenvalue weighted by atomic mass is 9.95. The fourth-order valence-corrected chi connectivity index (χ4v) is 2.83. The first-order valence-corrected chi connectivity index (χ1v) is 8.86. The van der Waals surface area contributed by atoms with Crippen molar-refractivity contribution in [2.24, 2.45) is 0 Å². The fraction of sp³-hybridized carbons (Fsp3) is 0.619. The third kappa shape index (κ3) is 7.37. The van der Waals surface area contributed by atoms with Crippen LogP contribution in [-0.2, 0) is 6.42 Å². The molecular formula is C21H32. The van der Waals surface area contributed by atoms with Crippen LogP contribution in [0.15, 0.2) is 24.3 Å². The monoisotopic (exact) mass is 284 g/mol. The molecule has 0 heterocycles. The van der Waals surface area contributed by atoms with E-state index in [0.29, 0.717) is 0 Å². The summed E-state index contributed by atoms with van der Waals surface area (Å²) in [5, 5.41) is 0. The standard InChI is InChI=1S/C21H32/c1-4-7-8-9-10-11-12-13-14-19-15-17-21(18-16-19)20(5-2)6-3/h2,15-18,20H,4,6-14H2,1,3H3. The molecule has 1 unspecified atom stereocenters. The van der Waals surface area contributed by atoms with Gasteiger partial charge in [0.2, 0.25) is 0 Å². The summed E-state index contributed by atoms with van der Waals surface area (Å²) < 4.78 is 0. The Kier molecular flexibility index (Phi) is 9.71. The van der Waals surface area contributed by atoms with Gasteiger partial charge < -0.3 is 0 Å². The van der Waals surface area contributed by atoms with Crippen molar-refractivity contribution in [3.63, 3.8) is 0 Å². The third-order valence-electron chi connectivity index (χ3n) is 4.31. The molecule has 0 saturated heterocycles. The van der Waals surface area contributed by atoms with Crippen LogP contribution in [0.25, 0.3) is 0 Å². The quantitative estimate of drug-likeness (QED) is 0.321. The van der Waals surface area contributed by atoms with E-state index in [4.69, 9.17) is 6.42 Å². The van der Waals surface area contributed by atoms with Gasteiger partial charge in [-0.1, -0.05) is 89.0 Å². The van der Waals surface area contributed by atoms with E-state index in [9.17, 15) is 0 Å². The average Bonchev–Trinajstić information content (AvgIpc) is 2.52. The van der Waals surface area contributed by atoms with E-state index in [2.05, 4.69) is 44.0 Å². The lowest BCUT2D eigenvalue weighted by molar-refractivity contribution is 0.575. The minimum atomic E-state index is 0.280. The molecule has 0 saturated carbocycles. The summed E-state index contributed by atoms with van der Waals surface area (Å²) in [5.74, 6) is 3.15. The highest BCUT2D eigenvalue weighted by Gasteiger charge is 2.04. The number of hydrogen-bond donors (Lipinski definition) is 0. The van der Waals surface area contributed by atoms with Crippen LogP contribution >= 0.6 is 0 Å². The molecule has 1 aromatic carbocycles. The predicted molar refractivity (Wildman–Crippen MR) is 94.6 cm³/mol. The summed E-state index contributed by atoms with van der Waals surface area (Å²) >= 11 is 0. The molecule has 1 aromatic rings. The summed E-state index contributed by atoms with van der Waals surface area (Å²) in [7, 11) is 0. The number of rotatable bonds is 11. The Morgan fingerprint density at radius 3 is 1.95 bits per heavy atom. The first kappa shape index (κ1) is 17.8. The minimum absolute atomic E-state index is 0.280. The molecule has 21 heavy (non-hydrogen) atoms. The van der Waals surface area contributed by atoms with Crippen LogP contribution in [0.3, 0.4) is 0 Å². The molecule has 0 aliphatic heterocycles. The van der Waals surface area contributed by atoms with E-state index in [0.717, 1.165) is 6.42 Å². The SMILES string of the molecule is C#CC(CC)c1ccc(CCCCCCCCCC)cc1. The van der Waals surface area contributed by atoms with Crippen LogP contribution < -0.4 is 0 Å². The van der Waals surface area contributed by atoms with E-state index < -0.39 is 0 Å². The summed E-state index contributed by atoms with van der Waals surface area (Å²) in [6.07, 6.45) is 18.9.